The van der Waals surface area contributed by atoms with E-state index in [1.165, 1.54) is 5.56 Å². The molecule has 0 amide bonds. The van der Waals surface area contributed by atoms with E-state index in [-0.39, 0.29) is 0 Å². The van der Waals surface area contributed by atoms with Crippen molar-refractivity contribution < 1.29 is 14.2 Å². The number of benzene rings is 1. The standard InChI is InChI=1S/C14H22O3/c1-5-11(2)12-8-13(16-4)10-14(9-12)17-7-6-15-3/h8-11H,5-7H2,1-4H3. The number of hydrogen-bond acceptors (Lipinski definition) is 3. The smallest absolute Gasteiger partial charge is 0.123 e. The summed E-state index contributed by atoms with van der Waals surface area (Å²) in [5, 5.41) is 0. The van der Waals surface area contributed by atoms with Gasteiger partial charge in [-0.25, -0.2) is 0 Å². The molecule has 3 heteroatoms. The largest absolute Gasteiger partial charge is 0.497 e. The van der Waals surface area contributed by atoms with Gasteiger partial charge in [-0.05, 0) is 30.0 Å². The SMILES string of the molecule is CCC(C)c1cc(OC)cc(OCCOC)c1. The Labute approximate surface area is 104 Å². The molecule has 0 N–H and O–H groups in total. The lowest BCUT2D eigenvalue weighted by molar-refractivity contribution is 0.146. The highest BCUT2D eigenvalue weighted by molar-refractivity contribution is 5.39. The van der Waals surface area contributed by atoms with Gasteiger partial charge in [-0.15, -0.1) is 0 Å². The van der Waals surface area contributed by atoms with E-state index in [9.17, 15) is 0 Å². The summed E-state index contributed by atoms with van der Waals surface area (Å²) in [6.45, 7) is 5.53. The monoisotopic (exact) mass is 238 g/mol. The van der Waals surface area contributed by atoms with Crippen molar-refractivity contribution in [3.8, 4) is 11.5 Å². The van der Waals surface area contributed by atoms with E-state index >= 15 is 0 Å². The van der Waals surface area contributed by atoms with Gasteiger partial charge in [-0.1, -0.05) is 13.8 Å². The molecule has 0 aliphatic carbocycles. The van der Waals surface area contributed by atoms with E-state index in [0.717, 1.165) is 17.9 Å². The van der Waals surface area contributed by atoms with Crippen molar-refractivity contribution in [2.24, 2.45) is 0 Å². The van der Waals surface area contributed by atoms with Crippen LogP contribution in [0.2, 0.25) is 0 Å². The van der Waals surface area contributed by atoms with Gasteiger partial charge < -0.3 is 14.2 Å². The minimum Gasteiger partial charge on any atom is -0.497 e. The van der Waals surface area contributed by atoms with Gasteiger partial charge in [0.1, 0.15) is 18.1 Å². The maximum Gasteiger partial charge on any atom is 0.123 e. The Morgan fingerprint density at radius 1 is 1.06 bits per heavy atom. The Balaban J connectivity index is 2.81. The molecular weight excluding hydrogens is 216 g/mol. The Hall–Kier alpha value is -1.22. The topological polar surface area (TPSA) is 27.7 Å². The van der Waals surface area contributed by atoms with Gasteiger partial charge >= 0.3 is 0 Å². The van der Waals surface area contributed by atoms with Crippen molar-refractivity contribution in [2.45, 2.75) is 26.2 Å². The van der Waals surface area contributed by atoms with Crippen molar-refractivity contribution in [1.29, 1.82) is 0 Å². The zero-order valence-corrected chi connectivity index (χ0v) is 11.2. The predicted molar refractivity (Wildman–Crippen MR) is 69.1 cm³/mol. The summed E-state index contributed by atoms with van der Waals surface area (Å²) in [5.74, 6) is 2.20. The van der Waals surface area contributed by atoms with E-state index in [1.807, 2.05) is 6.07 Å². The molecule has 0 heterocycles. The van der Waals surface area contributed by atoms with Gasteiger partial charge in [0.15, 0.2) is 0 Å². The van der Waals surface area contributed by atoms with Crippen LogP contribution in [0.3, 0.4) is 0 Å². The molecule has 0 spiro atoms. The highest BCUT2D eigenvalue weighted by Crippen LogP contribution is 2.28. The molecule has 1 aromatic rings. The maximum atomic E-state index is 5.62. The lowest BCUT2D eigenvalue weighted by Crippen LogP contribution is -2.05. The third kappa shape index (κ3) is 4.27. The second-order valence-corrected chi connectivity index (χ2v) is 4.09. The summed E-state index contributed by atoms with van der Waals surface area (Å²) in [6.07, 6.45) is 1.10. The van der Waals surface area contributed by atoms with Gasteiger partial charge in [0.2, 0.25) is 0 Å². The Bertz CT molecular complexity index is 336. The third-order valence-corrected chi connectivity index (χ3v) is 2.88. The fourth-order valence-corrected chi connectivity index (χ4v) is 1.56. The van der Waals surface area contributed by atoms with Crippen LogP contribution in [-0.2, 0) is 4.74 Å². The summed E-state index contributed by atoms with van der Waals surface area (Å²) in [6, 6.07) is 6.05. The first-order chi connectivity index (χ1) is 8.21. The molecular formula is C14H22O3. The first kappa shape index (κ1) is 13.8. The molecule has 0 aliphatic rings. The fraction of sp³-hybridized carbons (Fsp3) is 0.571. The molecule has 1 unspecified atom stereocenters. The summed E-state index contributed by atoms with van der Waals surface area (Å²) >= 11 is 0. The van der Waals surface area contributed by atoms with E-state index in [0.29, 0.717) is 19.1 Å². The molecule has 0 radical (unpaired) electrons. The zero-order valence-electron chi connectivity index (χ0n) is 11.2. The molecule has 1 atom stereocenters. The molecule has 0 bridgehead atoms. The number of methoxy groups -OCH3 is 2. The predicted octanol–water partition coefficient (Wildman–Crippen LogP) is 3.23. The van der Waals surface area contributed by atoms with Gasteiger partial charge in [0.25, 0.3) is 0 Å². The summed E-state index contributed by atoms with van der Waals surface area (Å²) in [5.41, 5.74) is 1.25. The molecule has 96 valence electrons. The van der Waals surface area contributed by atoms with Crippen LogP contribution in [0.15, 0.2) is 18.2 Å². The van der Waals surface area contributed by atoms with E-state index < -0.39 is 0 Å². The third-order valence-electron chi connectivity index (χ3n) is 2.88. The average Bonchev–Trinajstić information content (AvgIpc) is 2.37. The lowest BCUT2D eigenvalue weighted by atomic mass is 9.98. The second-order valence-electron chi connectivity index (χ2n) is 4.09. The maximum absolute atomic E-state index is 5.62. The summed E-state index contributed by atoms with van der Waals surface area (Å²) in [4.78, 5) is 0. The van der Waals surface area contributed by atoms with Crippen molar-refractivity contribution in [3.05, 3.63) is 23.8 Å². The number of hydrogen-bond donors (Lipinski definition) is 0. The average molecular weight is 238 g/mol. The van der Waals surface area contributed by atoms with Crippen LogP contribution in [0.5, 0.6) is 11.5 Å². The van der Waals surface area contributed by atoms with Crippen LogP contribution >= 0.6 is 0 Å². The Morgan fingerprint density at radius 3 is 2.35 bits per heavy atom. The Kier molecular flexibility index (Phi) is 5.84. The van der Waals surface area contributed by atoms with Gasteiger partial charge in [0.05, 0.1) is 13.7 Å². The normalized spacial score (nSPS) is 12.2. The molecule has 1 aromatic carbocycles. The molecule has 3 nitrogen and oxygen atoms in total. The van der Waals surface area contributed by atoms with Crippen LogP contribution in [0, 0.1) is 0 Å². The van der Waals surface area contributed by atoms with Crippen LogP contribution in [0.1, 0.15) is 31.7 Å². The van der Waals surface area contributed by atoms with Crippen LogP contribution in [-0.4, -0.2) is 27.4 Å². The molecule has 1 rings (SSSR count). The minimum absolute atomic E-state index is 0.509. The molecule has 0 fully saturated rings. The first-order valence-electron chi connectivity index (χ1n) is 6.02. The zero-order chi connectivity index (χ0) is 12.7. The van der Waals surface area contributed by atoms with Crippen LogP contribution in [0.4, 0.5) is 0 Å². The van der Waals surface area contributed by atoms with Gasteiger partial charge in [-0.2, -0.15) is 0 Å². The molecule has 0 aliphatic heterocycles. The van der Waals surface area contributed by atoms with Crippen molar-refractivity contribution in [2.75, 3.05) is 27.4 Å². The minimum atomic E-state index is 0.509. The first-order valence-corrected chi connectivity index (χ1v) is 6.02. The molecule has 17 heavy (non-hydrogen) atoms. The van der Waals surface area contributed by atoms with E-state index in [2.05, 4.69) is 26.0 Å². The summed E-state index contributed by atoms with van der Waals surface area (Å²) in [7, 11) is 3.34. The highest BCUT2D eigenvalue weighted by atomic mass is 16.5. The van der Waals surface area contributed by atoms with Crippen LogP contribution in [0.25, 0.3) is 0 Å². The molecule has 0 saturated heterocycles. The van der Waals surface area contributed by atoms with Crippen molar-refractivity contribution >= 4 is 0 Å². The quantitative estimate of drug-likeness (QED) is 0.682. The van der Waals surface area contributed by atoms with Gasteiger partial charge in [0, 0.05) is 13.2 Å². The Morgan fingerprint density at radius 2 is 1.76 bits per heavy atom. The highest BCUT2D eigenvalue weighted by Gasteiger charge is 2.07. The number of rotatable bonds is 7. The lowest BCUT2D eigenvalue weighted by Gasteiger charge is -2.14. The van der Waals surface area contributed by atoms with E-state index in [4.69, 9.17) is 14.2 Å². The van der Waals surface area contributed by atoms with Crippen LogP contribution < -0.4 is 9.47 Å². The molecule has 0 saturated carbocycles. The van der Waals surface area contributed by atoms with Crippen molar-refractivity contribution in [1.82, 2.24) is 0 Å². The summed E-state index contributed by atoms with van der Waals surface area (Å²) < 4.78 is 15.9. The van der Waals surface area contributed by atoms with E-state index in [1.54, 1.807) is 14.2 Å². The number of ether oxygens (including phenoxy) is 3. The molecule has 0 aromatic heterocycles. The van der Waals surface area contributed by atoms with Crippen molar-refractivity contribution in [3.63, 3.8) is 0 Å². The fourth-order valence-electron chi connectivity index (χ4n) is 1.56. The second kappa shape index (κ2) is 7.17. The van der Waals surface area contributed by atoms with Gasteiger partial charge in [-0.3, -0.25) is 0 Å².